The molecule has 3 aliphatic rings. The third kappa shape index (κ3) is 4.65. The van der Waals surface area contributed by atoms with Gasteiger partial charge in [0.05, 0.1) is 0 Å². The summed E-state index contributed by atoms with van der Waals surface area (Å²) in [6, 6.07) is 10.5. The molecular formula is C28H38N4O2. The highest BCUT2D eigenvalue weighted by atomic mass is 16.2. The first-order valence-electron chi connectivity index (χ1n) is 12.7. The third-order valence-electron chi connectivity index (χ3n) is 8.06. The molecule has 0 spiro atoms. The number of nitrogens with one attached hydrogen (secondary N) is 2. The van der Waals surface area contributed by atoms with Crippen LogP contribution in [-0.4, -0.2) is 42.0 Å². The Kier molecular flexibility index (Phi) is 5.83. The summed E-state index contributed by atoms with van der Waals surface area (Å²) in [6.45, 7) is 10.5. The molecule has 2 aromatic rings. The second kappa shape index (κ2) is 8.56. The Balaban J connectivity index is 1.22. The first-order chi connectivity index (χ1) is 16.1. The molecule has 5 rings (SSSR count). The average molecular weight is 463 g/mol. The molecule has 3 heterocycles. The van der Waals surface area contributed by atoms with Crippen LogP contribution in [0.2, 0.25) is 0 Å². The molecule has 0 radical (unpaired) electrons. The molecule has 0 unspecified atom stereocenters. The van der Waals surface area contributed by atoms with Gasteiger partial charge in [0.2, 0.25) is 0 Å². The number of aromatic amines is 1. The van der Waals surface area contributed by atoms with E-state index in [0.29, 0.717) is 23.4 Å². The van der Waals surface area contributed by atoms with Crippen molar-refractivity contribution in [2.45, 2.75) is 72.0 Å². The summed E-state index contributed by atoms with van der Waals surface area (Å²) in [5, 5.41) is 2.93. The average Bonchev–Trinajstić information content (AvgIpc) is 2.99. The Bertz CT molecular complexity index is 1150. The molecule has 34 heavy (non-hydrogen) atoms. The highest BCUT2D eigenvalue weighted by Crippen LogP contribution is 2.52. The van der Waals surface area contributed by atoms with Crippen molar-refractivity contribution in [2.75, 3.05) is 25.0 Å². The molecule has 1 saturated carbocycles. The van der Waals surface area contributed by atoms with Gasteiger partial charge in [-0.1, -0.05) is 32.9 Å². The van der Waals surface area contributed by atoms with Gasteiger partial charge in [0, 0.05) is 50.6 Å². The number of aromatic nitrogens is 1. The minimum absolute atomic E-state index is 0.176. The number of amides is 1. The lowest BCUT2D eigenvalue weighted by Crippen LogP contribution is -2.35. The van der Waals surface area contributed by atoms with E-state index in [1.54, 1.807) is 6.07 Å². The van der Waals surface area contributed by atoms with Crippen LogP contribution < -0.4 is 15.8 Å². The van der Waals surface area contributed by atoms with Crippen LogP contribution in [0, 0.1) is 10.8 Å². The van der Waals surface area contributed by atoms with Gasteiger partial charge in [0.15, 0.2) is 0 Å². The van der Waals surface area contributed by atoms with Gasteiger partial charge in [-0.25, -0.2) is 0 Å². The summed E-state index contributed by atoms with van der Waals surface area (Å²) in [6.07, 6.45) is 5.91. The first kappa shape index (κ1) is 23.2. The van der Waals surface area contributed by atoms with Crippen LogP contribution in [0.1, 0.15) is 73.6 Å². The lowest BCUT2D eigenvalue weighted by molar-refractivity contribution is 0.0949. The van der Waals surface area contributed by atoms with Gasteiger partial charge in [0.1, 0.15) is 5.56 Å². The number of carbonyl (C=O) groups is 1. The zero-order chi connectivity index (χ0) is 24.1. The van der Waals surface area contributed by atoms with Crippen molar-refractivity contribution in [2.24, 2.45) is 10.8 Å². The van der Waals surface area contributed by atoms with Crippen molar-refractivity contribution in [3.63, 3.8) is 0 Å². The lowest BCUT2D eigenvalue weighted by atomic mass is 9.65. The van der Waals surface area contributed by atoms with Crippen molar-refractivity contribution in [1.82, 2.24) is 15.2 Å². The van der Waals surface area contributed by atoms with E-state index in [9.17, 15) is 9.59 Å². The highest BCUT2D eigenvalue weighted by molar-refractivity contribution is 5.93. The normalized spacial score (nSPS) is 25.8. The van der Waals surface area contributed by atoms with E-state index >= 15 is 0 Å². The number of benzene rings is 1. The van der Waals surface area contributed by atoms with Gasteiger partial charge in [-0.2, -0.15) is 0 Å². The number of nitrogens with zero attached hydrogens (tertiary/aromatic N) is 2. The Morgan fingerprint density at radius 1 is 1.18 bits per heavy atom. The molecule has 1 aromatic carbocycles. The first-order valence-corrected chi connectivity index (χ1v) is 12.7. The minimum atomic E-state index is -0.325. The smallest absolute Gasteiger partial charge is 0.261 e. The van der Waals surface area contributed by atoms with Crippen molar-refractivity contribution < 1.29 is 4.79 Å². The van der Waals surface area contributed by atoms with E-state index in [2.05, 4.69) is 66.1 Å². The Labute approximate surface area is 202 Å². The summed E-state index contributed by atoms with van der Waals surface area (Å²) < 4.78 is 0. The van der Waals surface area contributed by atoms with E-state index < -0.39 is 0 Å². The lowest BCUT2D eigenvalue weighted by Gasteiger charge is -2.39. The summed E-state index contributed by atoms with van der Waals surface area (Å²) in [4.78, 5) is 33.3. The number of aryl methyl sites for hydroxylation is 1. The number of rotatable bonds is 5. The zero-order valence-electron chi connectivity index (χ0n) is 21.0. The zero-order valence-corrected chi connectivity index (χ0v) is 21.0. The number of hydrogen-bond acceptors (Lipinski definition) is 4. The van der Waals surface area contributed by atoms with Crippen molar-refractivity contribution >= 4 is 11.6 Å². The van der Waals surface area contributed by atoms with E-state index in [0.717, 1.165) is 43.7 Å². The number of fused-ring (bicyclic) bond motifs is 3. The van der Waals surface area contributed by atoms with Crippen LogP contribution in [-0.2, 0) is 19.5 Å². The molecule has 2 atom stereocenters. The third-order valence-corrected chi connectivity index (χ3v) is 8.06. The van der Waals surface area contributed by atoms with Crippen LogP contribution in [0.5, 0.6) is 0 Å². The van der Waals surface area contributed by atoms with Gasteiger partial charge in [-0.3, -0.25) is 14.5 Å². The molecule has 182 valence electrons. The standard InChI is InChI=1S/C28H38N4O2/c1-27(2)13-22-14-28(3,17-27)18-32(22)16-21-8-9-23(26(34)30-21)25(33)29-15-19-7-10-24-20(12-19)6-5-11-31(24)4/h7-10,12,22H,5-6,11,13-18H2,1-4H3,(H,29,33)(H,30,34)/t22-,28-/m0/s1. The van der Waals surface area contributed by atoms with E-state index in [4.69, 9.17) is 0 Å². The molecular weight excluding hydrogens is 424 g/mol. The maximum Gasteiger partial charge on any atom is 0.261 e. The fourth-order valence-corrected chi connectivity index (χ4v) is 6.99. The Hall–Kier alpha value is -2.60. The SMILES string of the molecule is CN1CCCc2cc(CNC(=O)c3ccc(CN4C[C@@]5(C)C[C@@H]4CC(C)(C)C5)[nH]c3=O)ccc21. The fraction of sp³-hybridized carbons (Fsp3) is 0.571. The number of H-pyrrole nitrogens is 1. The summed E-state index contributed by atoms with van der Waals surface area (Å²) in [5.74, 6) is -0.325. The molecule has 2 bridgehead atoms. The summed E-state index contributed by atoms with van der Waals surface area (Å²) in [7, 11) is 2.12. The molecule has 6 heteroatoms. The van der Waals surface area contributed by atoms with Crippen molar-refractivity contribution in [3.8, 4) is 0 Å². The molecule has 2 fully saturated rings. The Morgan fingerprint density at radius 2 is 2.00 bits per heavy atom. The van der Waals surface area contributed by atoms with E-state index in [-0.39, 0.29) is 17.0 Å². The topological polar surface area (TPSA) is 68.4 Å². The van der Waals surface area contributed by atoms with Gasteiger partial charge >= 0.3 is 0 Å². The second-order valence-electron chi connectivity index (χ2n) is 12.0. The molecule has 1 aromatic heterocycles. The molecule has 2 aliphatic heterocycles. The highest BCUT2D eigenvalue weighted by Gasteiger charge is 2.49. The van der Waals surface area contributed by atoms with E-state index in [1.807, 2.05) is 6.07 Å². The van der Waals surface area contributed by atoms with Crippen molar-refractivity contribution in [3.05, 3.63) is 63.1 Å². The molecule has 1 aliphatic carbocycles. The van der Waals surface area contributed by atoms with Crippen molar-refractivity contribution in [1.29, 1.82) is 0 Å². The predicted molar refractivity (Wildman–Crippen MR) is 136 cm³/mol. The minimum Gasteiger partial charge on any atom is -0.374 e. The largest absolute Gasteiger partial charge is 0.374 e. The molecule has 1 saturated heterocycles. The summed E-state index contributed by atoms with van der Waals surface area (Å²) in [5.41, 5.74) is 5.14. The molecule has 2 N–H and O–H groups in total. The van der Waals surface area contributed by atoms with Gasteiger partial charge in [-0.15, -0.1) is 0 Å². The summed E-state index contributed by atoms with van der Waals surface area (Å²) >= 11 is 0. The molecule has 6 nitrogen and oxygen atoms in total. The maximum absolute atomic E-state index is 12.7. The quantitative estimate of drug-likeness (QED) is 0.702. The monoisotopic (exact) mass is 462 g/mol. The van der Waals surface area contributed by atoms with Crippen LogP contribution in [0.4, 0.5) is 5.69 Å². The van der Waals surface area contributed by atoms with Gasteiger partial charge in [-0.05, 0) is 72.3 Å². The van der Waals surface area contributed by atoms with Crippen LogP contribution >= 0.6 is 0 Å². The second-order valence-corrected chi connectivity index (χ2v) is 12.0. The number of pyridine rings is 1. The Morgan fingerprint density at radius 3 is 2.79 bits per heavy atom. The predicted octanol–water partition coefficient (Wildman–Crippen LogP) is 4.09. The fourth-order valence-electron chi connectivity index (χ4n) is 6.99. The maximum atomic E-state index is 12.7. The number of anilines is 1. The van der Waals surface area contributed by atoms with Crippen LogP contribution in [0.25, 0.3) is 0 Å². The number of likely N-dealkylation sites (tertiary alicyclic amines) is 1. The molecule has 1 amide bonds. The number of hydrogen-bond donors (Lipinski definition) is 2. The van der Waals surface area contributed by atoms with Crippen LogP contribution in [0.3, 0.4) is 0 Å². The van der Waals surface area contributed by atoms with Crippen LogP contribution in [0.15, 0.2) is 35.1 Å². The van der Waals surface area contributed by atoms with Gasteiger partial charge < -0.3 is 15.2 Å². The van der Waals surface area contributed by atoms with Gasteiger partial charge in [0.25, 0.3) is 11.5 Å². The number of carbonyl (C=O) groups excluding carboxylic acids is 1. The van der Waals surface area contributed by atoms with E-state index in [1.165, 1.54) is 30.5 Å².